The highest BCUT2D eigenvalue weighted by molar-refractivity contribution is 7.83. The lowest BCUT2D eigenvalue weighted by atomic mass is 10.3. The van der Waals surface area contributed by atoms with Crippen LogP contribution < -0.4 is 4.74 Å². The molecule has 0 aromatic heterocycles. The van der Waals surface area contributed by atoms with Crippen molar-refractivity contribution in [1.29, 1.82) is 0 Å². The Labute approximate surface area is 80.8 Å². The van der Waals surface area contributed by atoms with E-state index < -0.39 is 0 Å². The molecule has 12 heavy (non-hydrogen) atoms. The highest BCUT2D eigenvalue weighted by atomic mass is 32.1. The number of aromatic hydroxyl groups is 2. The lowest BCUT2D eigenvalue weighted by Crippen LogP contribution is -1.85. The Balaban J connectivity index is 3.39. The van der Waals surface area contributed by atoms with Crippen molar-refractivity contribution in [3.63, 3.8) is 0 Å². The fourth-order valence-corrected chi connectivity index (χ4v) is 1.16. The van der Waals surface area contributed by atoms with Gasteiger partial charge in [0.15, 0.2) is 11.5 Å². The van der Waals surface area contributed by atoms with Crippen LogP contribution in [0.15, 0.2) is 15.9 Å². The van der Waals surface area contributed by atoms with Crippen molar-refractivity contribution < 1.29 is 14.9 Å². The van der Waals surface area contributed by atoms with Crippen LogP contribution in [-0.2, 0) is 0 Å². The summed E-state index contributed by atoms with van der Waals surface area (Å²) in [7, 11) is 1.39. The first kappa shape index (κ1) is 9.41. The first-order valence-corrected chi connectivity index (χ1v) is 3.98. The lowest BCUT2D eigenvalue weighted by Gasteiger charge is -2.08. The normalized spacial score (nSPS) is 9.92. The van der Waals surface area contributed by atoms with Crippen LogP contribution in [0.25, 0.3) is 0 Å². The predicted molar refractivity (Wildman–Crippen MR) is 50.8 cm³/mol. The van der Waals surface area contributed by atoms with E-state index in [0.29, 0.717) is 0 Å². The van der Waals surface area contributed by atoms with Gasteiger partial charge in [0.1, 0.15) is 5.75 Å². The molecule has 0 aliphatic carbocycles. The quantitative estimate of drug-likeness (QED) is 0.416. The minimum Gasteiger partial charge on any atom is -0.507 e. The molecule has 3 nitrogen and oxygen atoms in total. The molecule has 66 valence electrons. The summed E-state index contributed by atoms with van der Waals surface area (Å²) in [5.74, 6) is -0.0167. The van der Waals surface area contributed by atoms with Gasteiger partial charge in [-0.3, -0.25) is 0 Å². The molecule has 2 N–H and O–H groups in total. The molecular formula is C7H8O3S2. The molecule has 0 radical (unpaired) electrons. The third kappa shape index (κ3) is 1.42. The molecule has 5 heteroatoms. The van der Waals surface area contributed by atoms with E-state index in [-0.39, 0.29) is 27.0 Å². The minimum absolute atomic E-state index is 0.0713. The third-order valence-electron chi connectivity index (χ3n) is 1.41. The number of hydrogen-bond donors (Lipinski definition) is 4. The van der Waals surface area contributed by atoms with Crippen molar-refractivity contribution in [2.45, 2.75) is 9.79 Å². The molecule has 0 heterocycles. The third-order valence-corrected chi connectivity index (χ3v) is 2.48. The molecule has 1 aromatic rings. The summed E-state index contributed by atoms with van der Waals surface area (Å²) in [5, 5.41) is 18.6. The second-order valence-electron chi connectivity index (χ2n) is 2.14. The number of ether oxygens (including phenoxy) is 1. The molecule has 0 aliphatic rings. The van der Waals surface area contributed by atoms with Gasteiger partial charge >= 0.3 is 0 Å². The van der Waals surface area contributed by atoms with Gasteiger partial charge in [0, 0.05) is 6.07 Å². The van der Waals surface area contributed by atoms with E-state index in [2.05, 4.69) is 25.3 Å². The molecule has 0 unspecified atom stereocenters. The topological polar surface area (TPSA) is 49.7 Å². The summed E-state index contributed by atoms with van der Waals surface area (Å²) in [6.45, 7) is 0. The predicted octanol–water partition coefficient (Wildman–Crippen LogP) is 1.68. The smallest absolute Gasteiger partial charge is 0.172 e. The molecule has 0 saturated heterocycles. The average Bonchev–Trinajstić information content (AvgIpc) is 2.08. The van der Waals surface area contributed by atoms with Crippen molar-refractivity contribution in [2.24, 2.45) is 0 Å². The van der Waals surface area contributed by atoms with Gasteiger partial charge in [0.25, 0.3) is 0 Å². The van der Waals surface area contributed by atoms with Crippen LogP contribution >= 0.6 is 25.3 Å². The molecular weight excluding hydrogens is 196 g/mol. The summed E-state index contributed by atoms with van der Waals surface area (Å²) in [5.41, 5.74) is 0. The van der Waals surface area contributed by atoms with Gasteiger partial charge in [-0.05, 0) is 0 Å². The Hall–Kier alpha value is -0.680. The van der Waals surface area contributed by atoms with Gasteiger partial charge in [-0.1, -0.05) is 0 Å². The molecule has 1 aromatic carbocycles. The van der Waals surface area contributed by atoms with Crippen LogP contribution in [0.1, 0.15) is 0 Å². The van der Waals surface area contributed by atoms with Crippen LogP contribution in [-0.4, -0.2) is 17.3 Å². The molecule has 0 saturated carbocycles. The number of phenolic OH excluding ortho intramolecular Hbond substituents is 2. The maximum atomic E-state index is 9.34. The number of benzene rings is 1. The van der Waals surface area contributed by atoms with Gasteiger partial charge in [0.2, 0.25) is 0 Å². The standard InChI is InChI=1S/C7H8O3S2/c1-10-4-2-3(8)6(11)7(12)5(4)9/h2,8-9,11-12H,1H3. The van der Waals surface area contributed by atoms with Gasteiger partial charge in [0.05, 0.1) is 16.9 Å². The molecule has 0 atom stereocenters. The summed E-state index contributed by atoms with van der Waals surface area (Å²) in [6.07, 6.45) is 0. The fourth-order valence-electron chi connectivity index (χ4n) is 0.767. The molecule has 0 amide bonds. The van der Waals surface area contributed by atoms with Crippen LogP contribution in [0.2, 0.25) is 0 Å². The van der Waals surface area contributed by atoms with Gasteiger partial charge in [-0.2, -0.15) is 0 Å². The summed E-state index contributed by atoms with van der Waals surface area (Å²) in [4.78, 5) is 0.437. The number of hydrogen-bond acceptors (Lipinski definition) is 5. The Morgan fingerprint density at radius 3 is 2.33 bits per heavy atom. The Morgan fingerprint density at radius 2 is 1.83 bits per heavy atom. The van der Waals surface area contributed by atoms with E-state index in [9.17, 15) is 10.2 Å². The van der Waals surface area contributed by atoms with E-state index in [1.807, 2.05) is 0 Å². The zero-order valence-corrected chi connectivity index (χ0v) is 8.06. The summed E-state index contributed by atoms with van der Waals surface area (Å²) in [6, 6.07) is 1.28. The number of methoxy groups -OCH3 is 1. The largest absolute Gasteiger partial charge is 0.507 e. The van der Waals surface area contributed by atoms with Crippen LogP contribution in [0.4, 0.5) is 0 Å². The zero-order chi connectivity index (χ0) is 9.30. The van der Waals surface area contributed by atoms with Crippen molar-refractivity contribution in [2.75, 3.05) is 7.11 Å². The van der Waals surface area contributed by atoms with E-state index in [0.717, 1.165) is 0 Å². The highest BCUT2D eigenvalue weighted by Crippen LogP contribution is 2.41. The van der Waals surface area contributed by atoms with E-state index in [1.54, 1.807) is 0 Å². The molecule has 0 bridgehead atoms. The minimum atomic E-state index is -0.122. The molecule has 0 aliphatic heterocycles. The van der Waals surface area contributed by atoms with Crippen LogP contribution in [0, 0.1) is 0 Å². The van der Waals surface area contributed by atoms with E-state index >= 15 is 0 Å². The SMILES string of the molecule is COc1cc(O)c(S)c(S)c1O. The van der Waals surface area contributed by atoms with Crippen LogP contribution in [0.5, 0.6) is 17.2 Å². The summed E-state index contributed by atoms with van der Waals surface area (Å²) >= 11 is 7.86. The highest BCUT2D eigenvalue weighted by Gasteiger charge is 2.12. The number of phenols is 2. The van der Waals surface area contributed by atoms with Gasteiger partial charge in [-0.15, -0.1) is 25.3 Å². The van der Waals surface area contributed by atoms with Crippen molar-refractivity contribution >= 4 is 25.3 Å². The van der Waals surface area contributed by atoms with Crippen LogP contribution in [0.3, 0.4) is 0 Å². The van der Waals surface area contributed by atoms with Gasteiger partial charge < -0.3 is 14.9 Å². The first-order chi connectivity index (χ1) is 5.57. The summed E-state index contributed by atoms with van der Waals surface area (Å²) < 4.78 is 4.77. The fraction of sp³-hybridized carbons (Fsp3) is 0.143. The Kier molecular flexibility index (Phi) is 2.64. The molecule has 0 spiro atoms. The average molecular weight is 204 g/mol. The number of rotatable bonds is 1. The molecule has 1 rings (SSSR count). The second-order valence-corrected chi connectivity index (χ2v) is 3.04. The van der Waals surface area contributed by atoms with Gasteiger partial charge in [-0.25, -0.2) is 0 Å². The lowest BCUT2D eigenvalue weighted by molar-refractivity contribution is 0.358. The van der Waals surface area contributed by atoms with Crippen molar-refractivity contribution in [3.8, 4) is 17.2 Å². The maximum absolute atomic E-state index is 9.34. The Morgan fingerprint density at radius 1 is 1.25 bits per heavy atom. The van der Waals surface area contributed by atoms with E-state index in [1.165, 1.54) is 13.2 Å². The van der Waals surface area contributed by atoms with Crippen molar-refractivity contribution in [1.82, 2.24) is 0 Å². The van der Waals surface area contributed by atoms with Crippen molar-refractivity contribution in [3.05, 3.63) is 6.07 Å². The molecule has 0 fully saturated rings. The second kappa shape index (κ2) is 3.37. The monoisotopic (exact) mass is 204 g/mol. The Bertz CT molecular complexity index is 312. The number of thiol groups is 2. The zero-order valence-electron chi connectivity index (χ0n) is 6.27. The van der Waals surface area contributed by atoms with E-state index in [4.69, 9.17) is 4.74 Å². The maximum Gasteiger partial charge on any atom is 0.172 e. The first-order valence-electron chi connectivity index (χ1n) is 3.08.